The molecule has 1 aromatic carbocycles. The average Bonchev–Trinajstić information content (AvgIpc) is 2.36. The van der Waals surface area contributed by atoms with E-state index in [1.54, 1.807) is 6.07 Å². The van der Waals surface area contributed by atoms with Crippen molar-refractivity contribution < 1.29 is 9.13 Å². The monoisotopic (exact) mass is 311 g/mol. The van der Waals surface area contributed by atoms with E-state index in [0.29, 0.717) is 21.7 Å². The molecule has 0 radical (unpaired) electrons. The summed E-state index contributed by atoms with van der Waals surface area (Å²) in [5.74, 6) is 0.505. The second kappa shape index (κ2) is 4.89. The molecule has 0 saturated carbocycles. The van der Waals surface area contributed by atoms with Crippen LogP contribution in [0.5, 0.6) is 5.75 Å². The number of methoxy groups -OCH3 is 1. The molecule has 6 heteroatoms. The summed E-state index contributed by atoms with van der Waals surface area (Å²) in [5.41, 5.74) is 7.13. The van der Waals surface area contributed by atoms with Gasteiger partial charge in [-0.1, -0.05) is 0 Å². The number of aromatic nitrogens is 2. The minimum absolute atomic E-state index is 0.148. The number of ether oxygens (including phenoxy) is 1. The van der Waals surface area contributed by atoms with Crippen LogP contribution in [-0.2, 0) is 0 Å². The molecule has 1 aromatic heterocycles. The maximum absolute atomic E-state index is 13.3. The Morgan fingerprint density at radius 3 is 2.67 bits per heavy atom. The molecule has 0 bridgehead atoms. The molecule has 2 aromatic rings. The highest BCUT2D eigenvalue weighted by Gasteiger charge is 2.11. The third-order valence-electron chi connectivity index (χ3n) is 2.45. The lowest BCUT2D eigenvalue weighted by Crippen LogP contribution is -2.00. The maximum Gasteiger partial charge on any atom is 0.165 e. The van der Waals surface area contributed by atoms with E-state index >= 15 is 0 Å². The largest absolute Gasteiger partial charge is 0.494 e. The Kier molecular flexibility index (Phi) is 3.47. The number of anilines is 1. The van der Waals surface area contributed by atoms with Gasteiger partial charge in [0.05, 0.1) is 17.3 Å². The number of hydrogen-bond donors (Lipinski definition) is 1. The number of nitrogens with two attached hydrogens (primary N) is 1. The zero-order valence-electron chi connectivity index (χ0n) is 9.87. The molecule has 0 atom stereocenters. The Morgan fingerprint density at radius 1 is 1.33 bits per heavy atom. The van der Waals surface area contributed by atoms with Gasteiger partial charge in [0.2, 0.25) is 0 Å². The molecule has 0 fully saturated rings. The molecule has 0 amide bonds. The SMILES string of the molecule is COc1cc(-c2nc(C)c(Br)c(N)n2)ccc1F. The van der Waals surface area contributed by atoms with Crippen molar-refractivity contribution in [3.05, 3.63) is 34.2 Å². The summed E-state index contributed by atoms with van der Waals surface area (Å²) in [5, 5.41) is 0. The molecule has 0 aliphatic carbocycles. The van der Waals surface area contributed by atoms with Crippen molar-refractivity contribution in [1.82, 2.24) is 9.97 Å². The molecule has 0 aliphatic heterocycles. The normalized spacial score (nSPS) is 10.4. The maximum atomic E-state index is 13.3. The van der Waals surface area contributed by atoms with E-state index in [9.17, 15) is 4.39 Å². The Bertz CT molecular complexity index is 581. The van der Waals surface area contributed by atoms with Crippen LogP contribution in [-0.4, -0.2) is 17.1 Å². The fourth-order valence-corrected chi connectivity index (χ4v) is 1.69. The summed E-state index contributed by atoms with van der Waals surface area (Å²) in [4.78, 5) is 8.44. The average molecular weight is 312 g/mol. The molecular weight excluding hydrogens is 301 g/mol. The second-order valence-electron chi connectivity index (χ2n) is 3.68. The third kappa shape index (κ3) is 2.28. The Balaban J connectivity index is 2.55. The molecular formula is C12H11BrFN3O. The van der Waals surface area contributed by atoms with Crippen molar-refractivity contribution in [3.63, 3.8) is 0 Å². The predicted octanol–water partition coefficient (Wildman–Crippen LogP) is 2.94. The van der Waals surface area contributed by atoms with E-state index < -0.39 is 5.82 Å². The highest BCUT2D eigenvalue weighted by Crippen LogP contribution is 2.27. The van der Waals surface area contributed by atoms with Gasteiger partial charge in [0.1, 0.15) is 5.82 Å². The molecule has 1 heterocycles. The summed E-state index contributed by atoms with van der Waals surface area (Å²) < 4.78 is 18.9. The summed E-state index contributed by atoms with van der Waals surface area (Å²) in [6, 6.07) is 4.43. The van der Waals surface area contributed by atoms with Crippen molar-refractivity contribution in [2.24, 2.45) is 0 Å². The minimum Gasteiger partial charge on any atom is -0.494 e. The number of nitrogens with zero attached hydrogens (tertiary/aromatic N) is 2. The zero-order chi connectivity index (χ0) is 13.3. The summed E-state index contributed by atoms with van der Waals surface area (Å²) in [6.45, 7) is 1.81. The first-order chi connectivity index (χ1) is 8.52. The number of rotatable bonds is 2. The van der Waals surface area contributed by atoms with Gasteiger partial charge >= 0.3 is 0 Å². The Labute approximate surface area is 112 Å². The van der Waals surface area contributed by atoms with Crippen molar-refractivity contribution in [1.29, 1.82) is 0 Å². The van der Waals surface area contributed by atoms with Crippen LogP contribution < -0.4 is 10.5 Å². The molecule has 2 N–H and O–H groups in total. The fraction of sp³-hybridized carbons (Fsp3) is 0.167. The van der Waals surface area contributed by atoms with Crippen LogP contribution in [0.2, 0.25) is 0 Å². The van der Waals surface area contributed by atoms with E-state index in [-0.39, 0.29) is 5.75 Å². The molecule has 4 nitrogen and oxygen atoms in total. The highest BCUT2D eigenvalue weighted by molar-refractivity contribution is 9.10. The van der Waals surface area contributed by atoms with Crippen LogP contribution in [0.4, 0.5) is 10.2 Å². The molecule has 94 valence electrons. The molecule has 2 rings (SSSR count). The van der Waals surface area contributed by atoms with Crippen LogP contribution in [0.15, 0.2) is 22.7 Å². The van der Waals surface area contributed by atoms with E-state index in [4.69, 9.17) is 10.5 Å². The number of hydrogen-bond acceptors (Lipinski definition) is 4. The van der Waals surface area contributed by atoms with Gasteiger partial charge in [0.25, 0.3) is 0 Å². The predicted molar refractivity (Wildman–Crippen MR) is 70.8 cm³/mol. The smallest absolute Gasteiger partial charge is 0.165 e. The van der Waals surface area contributed by atoms with Crippen LogP contribution in [0, 0.1) is 12.7 Å². The van der Waals surface area contributed by atoms with Crippen molar-refractivity contribution in [2.45, 2.75) is 6.92 Å². The zero-order valence-corrected chi connectivity index (χ0v) is 11.5. The number of halogens is 2. The van der Waals surface area contributed by atoms with Crippen molar-refractivity contribution in [3.8, 4) is 17.1 Å². The van der Waals surface area contributed by atoms with Crippen LogP contribution >= 0.6 is 15.9 Å². The number of aryl methyl sites for hydroxylation is 1. The Morgan fingerprint density at radius 2 is 2.06 bits per heavy atom. The van der Waals surface area contributed by atoms with E-state index in [1.165, 1.54) is 19.2 Å². The van der Waals surface area contributed by atoms with E-state index in [2.05, 4.69) is 25.9 Å². The first kappa shape index (κ1) is 12.8. The third-order valence-corrected chi connectivity index (χ3v) is 3.43. The van der Waals surface area contributed by atoms with Gasteiger partial charge in [-0.3, -0.25) is 0 Å². The standard InChI is InChI=1S/C12H11BrFN3O/c1-6-10(13)11(15)17-12(16-6)7-3-4-8(14)9(5-7)18-2/h3-5H,1-2H3,(H2,15,16,17). The molecule has 0 saturated heterocycles. The molecule has 0 unspecified atom stereocenters. The lowest BCUT2D eigenvalue weighted by Gasteiger charge is -2.07. The van der Waals surface area contributed by atoms with Gasteiger partial charge in [-0.25, -0.2) is 14.4 Å². The van der Waals surface area contributed by atoms with E-state index in [0.717, 1.165) is 5.69 Å². The van der Waals surface area contributed by atoms with Gasteiger partial charge in [0, 0.05) is 5.56 Å². The van der Waals surface area contributed by atoms with Crippen molar-refractivity contribution in [2.75, 3.05) is 12.8 Å². The topological polar surface area (TPSA) is 61.0 Å². The van der Waals surface area contributed by atoms with Crippen molar-refractivity contribution >= 4 is 21.7 Å². The van der Waals surface area contributed by atoms with Gasteiger partial charge in [-0.15, -0.1) is 0 Å². The molecule has 0 aliphatic rings. The van der Waals surface area contributed by atoms with Crippen LogP contribution in [0.1, 0.15) is 5.69 Å². The van der Waals surface area contributed by atoms with Crippen LogP contribution in [0.25, 0.3) is 11.4 Å². The first-order valence-electron chi connectivity index (χ1n) is 5.16. The van der Waals surface area contributed by atoms with Crippen LogP contribution in [0.3, 0.4) is 0 Å². The van der Waals surface area contributed by atoms with E-state index in [1.807, 2.05) is 6.92 Å². The lowest BCUT2D eigenvalue weighted by atomic mass is 10.2. The molecule has 0 spiro atoms. The second-order valence-corrected chi connectivity index (χ2v) is 4.47. The minimum atomic E-state index is -0.428. The van der Waals surface area contributed by atoms with Gasteiger partial charge in [-0.05, 0) is 41.1 Å². The first-order valence-corrected chi connectivity index (χ1v) is 5.95. The summed E-state index contributed by atoms with van der Waals surface area (Å²) in [7, 11) is 1.41. The molecule has 18 heavy (non-hydrogen) atoms. The number of nitrogen functional groups attached to an aromatic ring is 1. The quantitative estimate of drug-likeness (QED) is 0.926. The Hall–Kier alpha value is -1.69. The fourth-order valence-electron chi connectivity index (χ4n) is 1.51. The summed E-state index contributed by atoms with van der Waals surface area (Å²) in [6.07, 6.45) is 0. The van der Waals surface area contributed by atoms with Gasteiger partial charge in [0.15, 0.2) is 17.4 Å². The lowest BCUT2D eigenvalue weighted by molar-refractivity contribution is 0.387. The number of benzene rings is 1. The summed E-state index contributed by atoms with van der Waals surface area (Å²) >= 11 is 3.29. The highest BCUT2D eigenvalue weighted by atomic mass is 79.9. The van der Waals surface area contributed by atoms with Gasteiger partial charge < -0.3 is 10.5 Å². The van der Waals surface area contributed by atoms with Gasteiger partial charge in [-0.2, -0.15) is 0 Å².